The molecule has 3 unspecified atom stereocenters. The van der Waals surface area contributed by atoms with Crippen molar-refractivity contribution in [1.29, 1.82) is 0 Å². The number of amides is 1. The number of likely N-dealkylation sites (tertiary alicyclic amines) is 1. The third-order valence-corrected chi connectivity index (χ3v) is 8.21. The van der Waals surface area contributed by atoms with Crippen LogP contribution in [-0.4, -0.2) is 84.3 Å². The molecule has 2 aliphatic rings. The van der Waals surface area contributed by atoms with E-state index in [9.17, 15) is 9.59 Å². The Morgan fingerprint density at radius 2 is 1.67 bits per heavy atom. The summed E-state index contributed by atoms with van der Waals surface area (Å²) in [4.78, 5) is 29.8. The Morgan fingerprint density at radius 1 is 1.00 bits per heavy atom. The number of aliphatic hydroxyl groups is 1. The van der Waals surface area contributed by atoms with Gasteiger partial charge >= 0.3 is 0 Å². The number of aliphatic hydroxyl groups excluding tert-OH is 1. The topological polar surface area (TPSA) is 104 Å². The second-order valence-electron chi connectivity index (χ2n) is 10.9. The highest BCUT2D eigenvalue weighted by Gasteiger charge is 2.41. The normalized spacial score (nSPS) is 21.4. The molecule has 0 saturated carbocycles. The first-order valence-corrected chi connectivity index (χ1v) is 15.4. The number of rotatable bonds is 13. The lowest BCUT2D eigenvalue weighted by molar-refractivity contribution is -0.172. The summed E-state index contributed by atoms with van der Waals surface area (Å²) in [5.74, 6) is -0.561. The van der Waals surface area contributed by atoms with Gasteiger partial charge in [0.2, 0.25) is 6.29 Å². The average molecular weight is 586 g/mol. The summed E-state index contributed by atoms with van der Waals surface area (Å²) in [5, 5.41) is 8.91. The second-order valence-corrected chi connectivity index (χ2v) is 10.9. The molecule has 1 aromatic heterocycles. The highest BCUT2D eigenvalue weighted by atomic mass is 16.7. The van der Waals surface area contributed by atoms with Crippen molar-refractivity contribution in [3.05, 3.63) is 63.8 Å². The van der Waals surface area contributed by atoms with Gasteiger partial charge in [-0.2, -0.15) is 0 Å². The number of carbonyl (C=O) groups is 1. The second kappa shape index (κ2) is 16.1. The average Bonchev–Trinajstić information content (AvgIpc) is 3.20. The van der Waals surface area contributed by atoms with Crippen LogP contribution in [0.15, 0.2) is 47.0 Å². The number of hydrogen-bond donors (Lipinski definition) is 1. The molecule has 0 aliphatic carbocycles. The van der Waals surface area contributed by atoms with Crippen LogP contribution in [0.5, 0.6) is 0 Å². The summed E-state index contributed by atoms with van der Waals surface area (Å²) >= 11 is 0. The van der Waals surface area contributed by atoms with Gasteiger partial charge in [-0.3, -0.25) is 14.3 Å². The number of aromatic nitrogens is 2. The number of benzene rings is 1. The van der Waals surface area contributed by atoms with Crippen LogP contribution in [0.4, 0.5) is 0 Å². The molecular formula is C32H47N3O7. The Hall–Kier alpha value is -2.92. The molecule has 232 valence electrons. The minimum Gasteiger partial charge on any atom is -0.459 e. The van der Waals surface area contributed by atoms with Crippen molar-refractivity contribution in [3.63, 3.8) is 0 Å². The molecule has 3 heterocycles. The molecule has 0 spiro atoms. The number of ether oxygens (including phenoxy) is 4. The van der Waals surface area contributed by atoms with E-state index < -0.39 is 12.2 Å². The quantitative estimate of drug-likeness (QED) is 0.358. The number of hydrogen-bond acceptors (Lipinski definition) is 7. The maximum absolute atomic E-state index is 14.1. The van der Waals surface area contributed by atoms with Crippen LogP contribution >= 0.6 is 0 Å². The number of nitrogens with zero attached hydrogens (tertiary/aromatic N) is 3. The van der Waals surface area contributed by atoms with Crippen LogP contribution in [0, 0.1) is 12.8 Å². The predicted octanol–water partition coefficient (Wildman–Crippen LogP) is 3.67. The number of allylic oxidation sites excluding steroid dienone is 1. The van der Waals surface area contributed by atoms with E-state index in [0.717, 1.165) is 37.1 Å². The minimum atomic E-state index is -0.711. The van der Waals surface area contributed by atoms with Crippen LogP contribution in [0.3, 0.4) is 0 Å². The Balaban J connectivity index is 1.70. The van der Waals surface area contributed by atoms with Crippen molar-refractivity contribution in [2.45, 2.75) is 64.6 Å². The molecule has 2 aliphatic heterocycles. The van der Waals surface area contributed by atoms with E-state index in [1.54, 1.807) is 4.68 Å². The highest BCUT2D eigenvalue weighted by molar-refractivity contribution is 5.91. The molecule has 1 amide bonds. The lowest BCUT2D eigenvalue weighted by Crippen LogP contribution is -2.42. The van der Waals surface area contributed by atoms with Gasteiger partial charge in [-0.25, -0.2) is 4.68 Å². The maximum atomic E-state index is 14.1. The first-order valence-electron chi connectivity index (χ1n) is 15.4. The minimum absolute atomic E-state index is 0.0289. The van der Waals surface area contributed by atoms with E-state index in [-0.39, 0.29) is 36.4 Å². The van der Waals surface area contributed by atoms with Crippen molar-refractivity contribution in [2.24, 2.45) is 13.0 Å². The van der Waals surface area contributed by atoms with E-state index in [0.29, 0.717) is 51.5 Å². The van der Waals surface area contributed by atoms with E-state index in [2.05, 4.69) is 0 Å². The lowest BCUT2D eigenvalue weighted by Gasteiger charge is -2.37. The van der Waals surface area contributed by atoms with Gasteiger partial charge in [0.25, 0.3) is 11.5 Å². The monoisotopic (exact) mass is 585 g/mol. The smallest absolute Gasteiger partial charge is 0.288 e. The molecule has 10 heteroatoms. The fraction of sp³-hybridized carbons (Fsp3) is 0.625. The van der Waals surface area contributed by atoms with Crippen molar-refractivity contribution in [3.8, 4) is 5.69 Å². The molecule has 1 saturated heterocycles. The van der Waals surface area contributed by atoms with E-state index in [4.69, 9.17) is 24.1 Å². The molecule has 1 fully saturated rings. The summed E-state index contributed by atoms with van der Waals surface area (Å²) in [7, 11) is 1.88. The van der Waals surface area contributed by atoms with Crippen molar-refractivity contribution in [2.75, 3.05) is 52.7 Å². The SMILES string of the molecule is CCOC1OC(C(=O)N2CCCCCCC2)=CC(c2c(C)n(C)n(-c3ccccc3)c2=O)C1CCOCCOCCO. The zero-order valence-corrected chi connectivity index (χ0v) is 25.3. The molecule has 1 aromatic carbocycles. The third kappa shape index (κ3) is 7.72. The molecule has 1 N–H and O–H groups in total. The fourth-order valence-corrected chi connectivity index (χ4v) is 5.95. The Kier molecular flexibility index (Phi) is 12.2. The maximum Gasteiger partial charge on any atom is 0.288 e. The van der Waals surface area contributed by atoms with Crippen LogP contribution in [0.2, 0.25) is 0 Å². The van der Waals surface area contributed by atoms with Crippen LogP contribution in [-0.2, 0) is 30.8 Å². The molecule has 3 atom stereocenters. The van der Waals surface area contributed by atoms with E-state index in [1.807, 2.05) is 66.9 Å². The van der Waals surface area contributed by atoms with Crippen molar-refractivity contribution >= 4 is 5.91 Å². The van der Waals surface area contributed by atoms with Gasteiger partial charge in [-0.1, -0.05) is 37.5 Å². The van der Waals surface area contributed by atoms with Gasteiger partial charge in [-0.15, -0.1) is 0 Å². The molecule has 4 rings (SSSR count). The highest BCUT2D eigenvalue weighted by Crippen LogP contribution is 2.39. The largest absolute Gasteiger partial charge is 0.459 e. The van der Waals surface area contributed by atoms with Gasteiger partial charge in [-0.05, 0) is 51.3 Å². The summed E-state index contributed by atoms with van der Waals surface area (Å²) in [5.41, 5.74) is 2.10. The number of para-hydroxylation sites is 1. The predicted molar refractivity (Wildman–Crippen MR) is 160 cm³/mol. The summed E-state index contributed by atoms with van der Waals surface area (Å²) in [6.07, 6.45) is 7.07. The van der Waals surface area contributed by atoms with E-state index in [1.165, 1.54) is 6.42 Å². The van der Waals surface area contributed by atoms with Gasteiger partial charge in [0.05, 0.1) is 32.1 Å². The van der Waals surface area contributed by atoms with Crippen LogP contribution in [0.1, 0.15) is 62.6 Å². The molecule has 0 bridgehead atoms. The van der Waals surface area contributed by atoms with Gasteiger partial charge in [0, 0.05) is 56.4 Å². The van der Waals surface area contributed by atoms with Crippen LogP contribution in [0.25, 0.3) is 5.69 Å². The van der Waals surface area contributed by atoms with Gasteiger partial charge in [0.1, 0.15) is 0 Å². The molecule has 42 heavy (non-hydrogen) atoms. The lowest BCUT2D eigenvalue weighted by atomic mass is 9.81. The molecule has 10 nitrogen and oxygen atoms in total. The standard InChI is InChI=1S/C32H47N3O7/c1-4-41-32-26(15-19-39-21-22-40-20-18-36)27(23-28(42-32)30(37)34-16-11-6-5-7-12-17-34)29-24(2)33(3)35(31(29)38)25-13-9-8-10-14-25/h8-10,13-14,23,26-27,32,36H,4-7,11-12,15-22H2,1-3H3. The Labute approximate surface area is 248 Å². The molecular weight excluding hydrogens is 538 g/mol. The van der Waals surface area contributed by atoms with E-state index >= 15 is 0 Å². The van der Waals surface area contributed by atoms with Crippen molar-refractivity contribution < 1.29 is 28.8 Å². The van der Waals surface area contributed by atoms with Gasteiger partial charge < -0.3 is 29.0 Å². The first-order chi connectivity index (χ1) is 20.5. The van der Waals surface area contributed by atoms with Crippen molar-refractivity contribution in [1.82, 2.24) is 14.3 Å². The van der Waals surface area contributed by atoms with Crippen LogP contribution < -0.4 is 5.56 Å². The fourth-order valence-electron chi connectivity index (χ4n) is 5.95. The first kappa shape index (κ1) is 32.0. The summed E-state index contributed by atoms with van der Waals surface area (Å²) < 4.78 is 27.1. The summed E-state index contributed by atoms with van der Waals surface area (Å²) in [6.45, 7) is 7.06. The number of carbonyl (C=O) groups excluding carboxylic acids is 1. The Morgan fingerprint density at radius 3 is 2.33 bits per heavy atom. The molecule has 2 aromatic rings. The zero-order chi connectivity index (χ0) is 29.9. The Bertz CT molecular complexity index is 1210. The van der Waals surface area contributed by atoms with Gasteiger partial charge in [0.15, 0.2) is 5.76 Å². The summed E-state index contributed by atoms with van der Waals surface area (Å²) in [6, 6.07) is 9.57. The third-order valence-electron chi connectivity index (χ3n) is 8.21. The molecule has 0 radical (unpaired) electrons. The zero-order valence-electron chi connectivity index (χ0n) is 25.3.